The molecule has 5 rings (SSSR count). The summed E-state index contributed by atoms with van der Waals surface area (Å²) in [5.41, 5.74) is 2.94. The summed E-state index contributed by atoms with van der Waals surface area (Å²) < 4.78 is 35.0. The second-order valence-electron chi connectivity index (χ2n) is 12.8. The predicted octanol–water partition coefficient (Wildman–Crippen LogP) is 9.08. The van der Waals surface area contributed by atoms with Gasteiger partial charge in [-0.25, -0.2) is 0 Å². The average Bonchev–Trinajstić information content (AvgIpc) is 3.33. The number of nitrogens with zero attached hydrogens (tertiary/aromatic N) is 3. The van der Waals surface area contributed by atoms with Crippen molar-refractivity contribution in [3.63, 3.8) is 0 Å². The summed E-state index contributed by atoms with van der Waals surface area (Å²) in [4.78, 5) is 5.66. The van der Waals surface area contributed by atoms with Crippen molar-refractivity contribution >= 4 is 22.1 Å². The Morgan fingerprint density at radius 1 is 0.850 bits per heavy atom. The summed E-state index contributed by atoms with van der Waals surface area (Å²) in [5, 5.41) is 9.22. The summed E-state index contributed by atoms with van der Waals surface area (Å²) >= 11 is -2.74. The van der Waals surface area contributed by atoms with Gasteiger partial charge in [-0.2, -0.15) is 0 Å². The topological polar surface area (TPSA) is 38.7 Å². The first kappa shape index (κ1) is 29.6. The Bertz CT molecular complexity index is 1310. The summed E-state index contributed by atoms with van der Waals surface area (Å²) in [6.45, 7) is 11.6. The molecule has 0 radical (unpaired) electrons. The Kier molecular flexibility index (Phi) is 8.71. The molecule has 3 nitrogen and oxygen atoms in total. The van der Waals surface area contributed by atoms with Crippen LogP contribution in [0.2, 0.25) is 13.3 Å². The number of hydrogen-bond acceptors (Lipinski definition) is 3. The molecule has 3 aromatic rings. The van der Waals surface area contributed by atoms with Gasteiger partial charge in [0, 0.05) is 0 Å². The zero-order valence-electron chi connectivity index (χ0n) is 25.0. The molecule has 1 aromatic carbocycles. The molecule has 0 unspecified atom stereocenters. The van der Waals surface area contributed by atoms with E-state index in [1.165, 1.54) is 73.7 Å². The summed E-state index contributed by atoms with van der Waals surface area (Å²) in [5.74, 6) is -0.947. The third-order valence-corrected chi connectivity index (χ3v) is 25.5. The molecule has 1 saturated carbocycles. The van der Waals surface area contributed by atoms with Crippen molar-refractivity contribution in [2.75, 3.05) is 0 Å². The summed E-state index contributed by atoms with van der Waals surface area (Å²) in [7, 11) is 0. The second-order valence-corrected chi connectivity index (χ2v) is 25.9. The first-order chi connectivity index (χ1) is 19.3. The van der Waals surface area contributed by atoms with Crippen molar-refractivity contribution in [1.82, 2.24) is 15.2 Å². The van der Waals surface area contributed by atoms with Gasteiger partial charge in [-0.05, 0) is 0 Å². The van der Waals surface area contributed by atoms with Crippen LogP contribution in [0.1, 0.15) is 109 Å². The normalized spacial score (nSPS) is 21.1. The number of rotatable bonds is 12. The molecule has 0 N–H and O–H groups in total. The van der Waals surface area contributed by atoms with Crippen LogP contribution in [0.4, 0.5) is 8.78 Å². The number of aromatic nitrogens is 3. The number of benzene rings is 1. The van der Waals surface area contributed by atoms with Crippen molar-refractivity contribution in [3.05, 3.63) is 71.1 Å². The van der Waals surface area contributed by atoms with Crippen molar-refractivity contribution in [2.45, 2.75) is 111 Å². The molecule has 1 fully saturated rings. The van der Waals surface area contributed by atoms with Crippen LogP contribution in [0.5, 0.6) is 0 Å². The van der Waals surface area contributed by atoms with Crippen molar-refractivity contribution in [1.29, 1.82) is 0 Å². The Labute approximate surface area is 243 Å². The second kappa shape index (κ2) is 11.8. The Hall–Kier alpha value is -1.89. The maximum absolute atomic E-state index is 14.7. The van der Waals surface area contributed by atoms with Crippen LogP contribution >= 0.6 is 0 Å². The van der Waals surface area contributed by atoms with Gasteiger partial charge in [0.25, 0.3) is 0 Å². The molecular formula is C34H45F2N3Sn. The standard InChI is InChI=1S/C22H18F2N3.3C4H9.Sn/c1-21(2)14-9-10-22(21,18-8-3-4-11-25-18)20-13(14)12-17(26-27-20)19-15(23)6-5-7-16(19)24;3*1-3-4-2;/h3-8,12,14H,9-10H2,1-2H3;3*1,3-4H2,2H3;/t14-,22-;;;;/m0..../s1. The van der Waals surface area contributed by atoms with Gasteiger partial charge in [0.05, 0.1) is 0 Å². The quantitative estimate of drug-likeness (QED) is 0.183. The Morgan fingerprint density at radius 2 is 1.45 bits per heavy atom. The third-order valence-electron chi connectivity index (χ3n) is 10.4. The molecule has 0 amide bonds. The molecule has 0 aliphatic heterocycles. The minimum atomic E-state index is -2.74. The number of unbranched alkanes of at least 4 members (excludes halogenated alkanes) is 3. The van der Waals surface area contributed by atoms with E-state index in [1.54, 1.807) is 0 Å². The minimum absolute atomic E-state index is 0.0887. The zero-order chi connectivity index (χ0) is 28.5. The van der Waals surface area contributed by atoms with E-state index >= 15 is 0 Å². The fourth-order valence-electron chi connectivity index (χ4n) is 8.03. The average molecular weight is 652 g/mol. The van der Waals surface area contributed by atoms with Gasteiger partial charge in [0.1, 0.15) is 0 Å². The monoisotopic (exact) mass is 653 g/mol. The summed E-state index contributed by atoms with van der Waals surface area (Å²) in [6.07, 6.45) is 9.63. The Balaban J connectivity index is 1.63. The van der Waals surface area contributed by atoms with Crippen LogP contribution in [0.3, 0.4) is 0 Å². The van der Waals surface area contributed by atoms with Crippen LogP contribution in [0.25, 0.3) is 11.3 Å². The molecule has 2 aliphatic carbocycles. The molecular weight excluding hydrogens is 607 g/mol. The SMILES string of the molecule is CCC[CH2][Sn]([CH2]CCC)([CH2]CCC)[c]1cccc([C@@]23CC[C@@H](c4cc(-c5c(F)cccc5F)nnc42)C3(C)C)n1. The predicted molar refractivity (Wildman–Crippen MR) is 163 cm³/mol. The molecule has 2 aliphatic rings. The molecule has 0 spiro atoms. The molecule has 214 valence electrons. The van der Waals surface area contributed by atoms with Crippen LogP contribution < -0.4 is 3.71 Å². The fraction of sp³-hybridized carbons (Fsp3) is 0.559. The van der Waals surface area contributed by atoms with E-state index in [0.29, 0.717) is 0 Å². The molecule has 6 heteroatoms. The zero-order valence-corrected chi connectivity index (χ0v) is 27.8. The summed E-state index contributed by atoms with van der Waals surface area (Å²) in [6, 6.07) is 12.7. The van der Waals surface area contributed by atoms with Gasteiger partial charge < -0.3 is 0 Å². The number of halogens is 2. The molecule has 0 saturated heterocycles. The van der Waals surface area contributed by atoms with E-state index in [4.69, 9.17) is 10.1 Å². The van der Waals surface area contributed by atoms with Gasteiger partial charge in [-0.3, -0.25) is 0 Å². The van der Waals surface area contributed by atoms with E-state index < -0.39 is 30.0 Å². The molecule has 2 heterocycles. The number of pyridine rings is 1. The van der Waals surface area contributed by atoms with E-state index in [1.807, 2.05) is 6.07 Å². The van der Waals surface area contributed by atoms with E-state index in [-0.39, 0.29) is 28.0 Å². The number of fused-ring (bicyclic) bond motifs is 5. The van der Waals surface area contributed by atoms with Crippen LogP contribution in [0.15, 0.2) is 42.5 Å². The van der Waals surface area contributed by atoms with Gasteiger partial charge in [0.15, 0.2) is 0 Å². The molecule has 40 heavy (non-hydrogen) atoms. The van der Waals surface area contributed by atoms with E-state index in [2.05, 4.69) is 57.9 Å². The van der Waals surface area contributed by atoms with Gasteiger partial charge >= 0.3 is 244 Å². The van der Waals surface area contributed by atoms with Crippen LogP contribution in [-0.2, 0) is 5.41 Å². The first-order valence-corrected chi connectivity index (χ1v) is 23.0. The van der Waals surface area contributed by atoms with Crippen molar-refractivity contribution in [3.8, 4) is 11.3 Å². The molecule has 2 bridgehead atoms. The van der Waals surface area contributed by atoms with E-state index in [0.717, 1.165) is 29.8 Å². The fourth-order valence-corrected chi connectivity index (χ4v) is 23.5. The Morgan fingerprint density at radius 3 is 2.05 bits per heavy atom. The van der Waals surface area contributed by atoms with Crippen LogP contribution in [-0.4, -0.2) is 33.6 Å². The molecule has 2 atom stereocenters. The van der Waals surface area contributed by atoms with Crippen LogP contribution in [0, 0.1) is 17.0 Å². The van der Waals surface area contributed by atoms with Gasteiger partial charge in [0.2, 0.25) is 0 Å². The third kappa shape index (κ3) is 4.72. The van der Waals surface area contributed by atoms with Gasteiger partial charge in [-0.1, -0.05) is 0 Å². The van der Waals surface area contributed by atoms with Crippen molar-refractivity contribution in [2.24, 2.45) is 5.41 Å². The van der Waals surface area contributed by atoms with Crippen molar-refractivity contribution < 1.29 is 8.78 Å². The number of hydrogen-bond donors (Lipinski definition) is 0. The maximum atomic E-state index is 14.7. The van der Waals surface area contributed by atoms with E-state index in [9.17, 15) is 8.78 Å². The first-order valence-electron chi connectivity index (χ1n) is 15.6. The van der Waals surface area contributed by atoms with Gasteiger partial charge in [-0.15, -0.1) is 0 Å². The molecule has 2 aromatic heterocycles.